The van der Waals surface area contributed by atoms with Crippen LogP contribution >= 0.6 is 0 Å². The van der Waals surface area contributed by atoms with Gasteiger partial charge in [0.15, 0.2) is 0 Å². The minimum atomic E-state index is -0.343. The third-order valence-electron chi connectivity index (χ3n) is 1.27. The lowest BCUT2D eigenvalue weighted by atomic mass is 10.2. The van der Waals surface area contributed by atoms with Crippen LogP contribution in [0.2, 0.25) is 0 Å². The Morgan fingerprint density at radius 1 is 1.50 bits per heavy atom. The van der Waals surface area contributed by atoms with Gasteiger partial charge >= 0.3 is 6.03 Å². The van der Waals surface area contributed by atoms with Gasteiger partial charge in [-0.2, -0.15) is 0 Å². The molecule has 0 saturated carbocycles. The Bertz CT molecular complexity index is 152. The molecule has 0 unspecified atom stereocenters. The molecule has 0 saturated heterocycles. The van der Waals surface area contributed by atoms with Crippen molar-refractivity contribution in [3.63, 3.8) is 0 Å². The molecule has 72 valence electrons. The Morgan fingerprint density at radius 3 is 2.33 bits per heavy atom. The second kappa shape index (κ2) is 4.30. The van der Waals surface area contributed by atoms with E-state index < -0.39 is 0 Å². The normalized spacial score (nSPS) is 11.1. The van der Waals surface area contributed by atoms with Crippen molar-refractivity contribution in [3.05, 3.63) is 0 Å². The zero-order chi connectivity index (χ0) is 9.78. The van der Waals surface area contributed by atoms with Crippen molar-refractivity contribution in [1.29, 1.82) is 0 Å². The predicted octanol–water partition coefficient (Wildman–Crippen LogP) is 1.38. The van der Waals surface area contributed by atoms with Gasteiger partial charge in [-0.05, 0) is 27.7 Å². The van der Waals surface area contributed by atoms with Gasteiger partial charge < -0.3 is 4.90 Å². The van der Waals surface area contributed by atoms with E-state index in [9.17, 15) is 4.79 Å². The lowest BCUT2D eigenvalue weighted by molar-refractivity contribution is -0.0573. The molecule has 0 aliphatic heterocycles. The summed E-state index contributed by atoms with van der Waals surface area (Å²) in [7, 11) is 1.71. The average Bonchev–Trinajstić information content (AvgIpc) is 1.97. The maximum absolute atomic E-state index is 11.1. The summed E-state index contributed by atoms with van der Waals surface area (Å²) < 4.78 is 0. The Labute approximate surface area is 73.8 Å². The molecule has 4 nitrogen and oxygen atoms in total. The van der Waals surface area contributed by atoms with E-state index in [-0.39, 0.29) is 11.6 Å². The summed E-state index contributed by atoms with van der Waals surface area (Å²) in [6.45, 7) is 8.19. The topological polar surface area (TPSA) is 41.6 Å². The molecular weight excluding hydrogens is 156 g/mol. The van der Waals surface area contributed by atoms with E-state index in [1.54, 1.807) is 7.05 Å². The summed E-state index contributed by atoms with van der Waals surface area (Å²) >= 11 is 0. The van der Waals surface area contributed by atoms with Crippen LogP contribution in [-0.4, -0.2) is 30.1 Å². The van der Waals surface area contributed by atoms with E-state index in [1.807, 2.05) is 27.7 Å². The molecule has 0 spiro atoms. The van der Waals surface area contributed by atoms with Crippen LogP contribution in [0, 0.1) is 0 Å². The number of nitrogens with one attached hydrogen (secondary N) is 1. The first-order valence-corrected chi connectivity index (χ1v) is 4.06. The third-order valence-corrected chi connectivity index (χ3v) is 1.27. The average molecular weight is 174 g/mol. The Hall–Kier alpha value is -0.770. The summed E-state index contributed by atoms with van der Waals surface area (Å²) in [5, 5.41) is 0. The molecule has 0 aliphatic rings. The molecule has 0 bridgehead atoms. The van der Waals surface area contributed by atoms with Crippen molar-refractivity contribution in [1.82, 2.24) is 10.4 Å². The molecule has 1 N–H and O–H groups in total. The molecule has 0 aromatic rings. The second-order valence-corrected chi connectivity index (χ2v) is 3.64. The molecule has 0 heterocycles. The van der Waals surface area contributed by atoms with Gasteiger partial charge in [0.2, 0.25) is 0 Å². The molecule has 0 aliphatic carbocycles. The van der Waals surface area contributed by atoms with E-state index in [0.717, 1.165) is 0 Å². The zero-order valence-electron chi connectivity index (χ0n) is 8.47. The molecule has 0 aromatic heterocycles. The number of rotatable bonds is 2. The summed E-state index contributed by atoms with van der Waals surface area (Å²) in [5.41, 5.74) is 2.02. The molecule has 0 atom stereocenters. The number of hydroxylamine groups is 1. The predicted molar refractivity (Wildman–Crippen MR) is 47.7 cm³/mol. The SMILES string of the molecule is CCN(C)C(=O)NOC(C)(C)C. The molecule has 4 heteroatoms. The minimum Gasteiger partial charge on any atom is -0.326 e. The summed E-state index contributed by atoms with van der Waals surface area (Å²) in [5.74, 6) is 0. The Kier molecular flexibility index (Phi) is 4.03. The van der Waals surface area contributed by atoms with Crippen molar-refractivity contribution in [2.75, 3.05) is 13.6 Å². The van der Waals surface area contributed by atoms with Crippen LogP contribution in [0.1, 0.15) is 27.7 Å². The lowest BCUT2D eigenvalue weighted by Crippen LogP contribution is -2.41. The van der Waals surface area contributed by atoms with Crippen LogP contribution in [-0.2, 0) is 4.84 Å². The molecule has 0 radical (unpaired) electrons. The van der Waals surface area contributed by atoms with Gasteiger partial charge in [0.25, 0.3) is 0 Å². The van der Waals surface area contributed by atoms with E-state index in [1.165, 1.54) is 4.90 Å². The minimum absolute atomic E-state index is 0.215. The van der Waals surface area contributed by atoms with Gasteiger partial charge in [-0.3, -0.25) is 4.84 Å². The van der Waals surface area contributed by atoms with E-state index >= 15 is 0 Å². The first-order chi connectivity index (χ1) is 5.37. The first kappa shape index (κ1) is 11.2. The molecular formula is C8H18N2O2. The van der Waals surface area contributed by atoms with Crippen LogP contribution in [0.3, 0.4) is 0 Å². The quantitative estimate of drug-likeness (QED) is 0.642. The van der Waals surface area contributed by atoms with Gasteiger partial charge in [-0.15, -0.1) is 0 Å². The number of carbonyl (C=O) groups excluding carboxylic acids is 1. The highest BCUT2D eigenvalue weighted by Crippen LogP contribution is 2.03. The fourth-order valence-corrected chi connectivity index (χ4v) is 0.418. The van der Waals surface area contributed by atoms with Gasteiger partial charge in [-0.25, -0.2) is 10.3 Å². The van der Waals surface area contributed by atoms with Crippen molar-refractivity contribution >= 4 is 6.03 Å². The van der Waals surface area contributed by atoms with E-state index in [0.29, 0.717) is 6.54 Å². The van der Waals surface area contributed by atoms with Crippen LogP contribution in [0.5, 0.6) is 0 Å². The van der Waals surface area contributed by atoms with Gasteiger partial charge in [-0.1, -0.05) is 0 Å². The number of hydrogen-bond donors (Lipinski definition) is 1. The number of hydrogen-bond acceptors (Lipinski definition) is 2. The molecule has 0 fully saturated rings. The standard InChI is InChI=1S/C8H18N2O2/c1-6-10(5)7(11)9-12-8(2,3)4/h6H2,1-5H3,(H,9,11). The third kappa shape index (κ3) is 4.96. The highest BCUT2D eigenvalue weighted by atomic mass is 16.7. The van der Waals surface area contributed by atoms with Crippen molar-refractivity contribution in [2.45, 2.75) is 33.3 Å². The van der Waals surface area contributed by atoms with Crippen LogP contribution in [0.4, 0.5) is 4.79 Å². The van der Waals surface area contributed by atoms with Crippen molar-refractivity contribution in [3.8, 4) is 0 Å². The van der Waals surface area contributed by atoms with E-state index in [4.69, 9.17) is 4.84 Å². The van der Waals surface area contributed by atoms with Gasteiger partial charge in [0.05, 0.1) is 5.60 Å². The van der Waals surface area contributed by atoms with Crippen LogP contribution < -0.4 is 5.48 Å². The second-order valence-electron chi connectivity index (χ2n) is 3.64. The molecule has 12 heavy (non-hydrogen) atoms. The molecule has 0 rings (SSSR count). The summed E-state index contributed by atoms with van der Waals surface area (Å²) in [6, 6.07) is -0.215. The smallest absolute Gasteiger partial charge is 0.326 e. The van der Waals surface area contributed by atoms with Gasteiger partial charge in [0, 0.05) is 13.6 Å². The summed E-state index contributed by atoms with van der Waals surface area (Å²) in [4.78, 5) is 17.7. The van der Waals surface area contributed by atoms with Crippen LogP contribution in [0.15, 0.2) is 0 Å². The highest BCUT2D eigenvalue weighted by Gasteiger charge is 2.13. The largest absolute Gasteiger partial charge is 0.341 e. The number of carbonyl (C=O) groups is 1. The van der Waals surface area contributed by atoms with Gasteiger partial charge in [0.1, 0.15) is 0 Å². The monoisotopic (exact) mass is 174 g/mol. The maximum Gasteiger partial charge on any atom is 0.341 e. The maximum atomic E-state index is 11.1. The fourth-order valence-electron chi connectivity index (χ4n) is 0.418. The number of urea groups is 1. The van der Waals surface area contributed by atoms with Crippen LogP contribution in [0.25, 0.3) is 0 Å². The summed E-state index contributed by atoms with van der Waals surface area (Å²) in [6.07, 6.45) is 0. The van der Waals surface area contributed by atoms with Crippen molar-refractivity contribution in [2.24, 2.45) is 0 Å². The zero-order valence-corrected chi connectivity index (χ0v) is 8.47. The molecule has 0 aromatic carbocycles. The highest BCUT2D eigenvalue weighted by molar-refractivity contribution is 5.72. The first-order valence-electron chi connectivity index (χ1n) is 4.06. The number of amides is 2. The van der Waals surface area contributed by atoms with E-state index in [2.05, 4.69) is 5.48 Å². The Morgan fingerprint density at radius 2 is 2.00 bits per heavy atom. The molecule has 2 amide bonds. The number of nitrogens with zero attached hydrogens (tertiary/aromatic N) is 1. The van der Waals surface area contributed by atoms with Crippen molar-refractivity contribution < 1.29 is 9.63 Å². The fraction of sp³-hybridized carbons (Fsp3) is 0.875. The Balaban J connectivity index is 3.72. The lowest BCUT2D eigenvalue weighted by Gasteiger charge is -2.22.